The summed E-state index contributed by atoms with van der Waals surface area (Å²) in [4.78, 5) is 26.0. The van der Waals surface area contributed by atoms with Crippen LogP contribution in [0.3, 0.4) is 0 Å². The lowest BCUT2D eigenvalue weighted by Crippen LogP contribution is -2.66. The van der Waals surface area contributed by atoms with E-state index in [-0.39, 0.29) is 25.4 Å². The van der Waals surface area contributed by atoms with Crippen LogP contribution in [0.15, 0.2) is 36.0 Å². The van der Waals surface area contributed by atoms with E-state index in [0.717, 1.165) is 6.42 Å². The van der Waals surface area contributed by atoms with Crippen LogP contribution in [0, 0.1) is 16.7 Å². The predicted octanol–water partition coefficient (Wildman–Crippen LogP) is 2.39. The van der Waals surface area contributed by atoms with Gasteiger partial charge in [0.1, 0.15) is 24.4 Å². The molecule has 210 valence electrons. The van der Waals surface area contributed by atoms with E-state index in [9.17, 15) is 19.8 Å². The number of rotatable bonds is 1. The first-order chi connectivity index (χ1) is 18.0. The van der Waals surface area contributed by atoms with Crippen LogP contribution in [-0.4, -0.2) is 84.2 Å². The molecule has 4 unspecified atom stereocenters. The highest BCUT2D eigenvalue weighted by Crippen LogP contribution is 2.72. The first-order valence-corrected chi connectivity index (χ1v) is 13.7. The van der Waals surface area contributed by atoms with Crippen LogP contribution in [0.4, 0.5) is 0 Å². The summed E-state index contributed by atoms with van der Waals surface area (Å²) in [7, 11) is 0. The van der Waals surface area contributed by atoms with Crippen molar-refractivity contribution in [2.45, 2.75) is 95.6 Å². The summed E-state index contributed by atoms with van der Waals surface area (Å²) in [6.07, 6.45) is 6.89. The fourth-order valence-corrected chi connectivity index (χ4v) is 7.04. The van der Waals surface area contributed by atoms with Crippen molar-refractivity contribution >= 4 is 11.9 Å². The maximum absolute atomic E-state index is 13.1. The molecule has 5 aliphatic rings. The molecule has 2 N–H and O–H groups in total. The molecule has 2 aliphatic carbocycles. The number of epoxide rings is 1. The molecule has 9 heteroatoms. The summed E-state index contributed by atoms with van der Waals surface area (Å²) in [5, 5.41) is 20.8. The Morgan fingerprint density at radius 3 is 2.63 bits per heavy atom. The number of hydrogen-bond acceptors (Lipinski definition) is 9. The van der Waals surface area contributed by atoms with Gasteiger partial charge in [0.2, 0.25) is 0 Å². The van der Waals surface area contributed by atoms with Gasteiger partial charge in [0.05, 0.1) is 30.3 Å². The number of carbonyl (C=O) groups is 2. The van der Waals surface area contributed by atoms with Crippen LogP contribution >= 0.6 is 0 Å². The van der Waals surface area contributed by atoms with Crippen LogP contribution < -0.4 is 0 Å². The van der Waals surface area contributed by atoms with E-state index in [1.807, 2.05) is 0 Å². The highest BCUT2D eigenvalue weighted by Gasteiger charge is 2.83. The number of cyclic esters (lactones) is 1. The fourth-order valence-electron chi connectivity index (χ4n) is 7.04. The molecule has 0 radical (unpaired) electrons. The molecular formula is C29H40O9. The van der Waals surface area contributed by atoms with Gasteiger partial charge in [-0.1, -0.05) is 43.7 Å². The molecule has 0 aromatic rings. The number of hydrogen-bond donors (Lipinski definition) is 2. The van der Waals surface area contributed by atoms with Crippen molar-refractivity contribution in [1.82, 2.24) is 0 Å². The lowest BCUT2D eigenvalue weighted by Gasteiger charge is -2.58. The van der Waals surface area contributed by atoms with Crippen LogP contribution in [0.2, 0.25) is 0 Å². The van der Waals surface area contributed by atoms with E-state index in [0.29, 0.717) is 25.9 Å². The second-order valence-electron chi connectivity index (χ2n) is 11.9. The summed E-state index contributed by atoms with van der Waals surface area (Å²) >= 11 is 0. The second kappa shape index (κ2) is 10.2. The monoisotopic (exact) mass is 532 g/mol. The maximum atomic E-state index is 13.1. The Morgan fingerprint density at radius 1 is 1.16 bits per heavy atom. The summed E-state index contributed by atoms with van der Waals surface area (Å²) < 4.78 is 30.4. The van der Waals surface area contributed by atoms with Gasteiger partial charge >= 0.3 is 11.9 Å². The molecule has 3 aliphatic heterocycles. The Labute approximate surface area is 223 Å². The van der Waals surface area contributed by atoms with E-state index < -0.39 is 58.7 Å². The van der Waals surface area contributed by atoms with Gasteiger partial charge in [-0.3, -0.25) is 0 Å². The summed E-state index contributed by atoms with van der Waals surface area (Å²) in [5.74, 6) is -1.60. The van der Waals surface area contributed by atoms with Crippen molar-refractivity contribution in [3.05, 3.63) is 36.0 Å². The molecule has 38 heavy (non-hydrogen) atoms. The Morgan fingerprint density at radius 2 is 1.92 bits per heavy atom. The smallest absolute Gasteiger partial charge is 0.335 e. The largest absolute Gasteiger partial charge is 0.463 e. The normalized spacial score (nSPS) is 46.3. The number of esters is 2. The van der Waals surface area contributed by atoms with Gasteiger partial charge in [0.15, 0.2) is 6.10 Å². The minimum Gasteiger partial charge on any atom is -0.463 e. The quantitative estimate of drug-likeness (QED) is 0.298. The molecule has 0 aromatic heterocycles. The Kier molecular flexibility index (Phi) is 7.37. The van der Waals surface area contributed by atoms with E-state index in [1.165, 1.54) is 11.6 Å². The van der Waals surface area contributed by atoms with E-state index in [1.54, 1.807) is 32.1 Å². The number of ether oxygens (including phenoxy) is 5. The van der Waals surface area contributed by atoms with Crippen molar-refractivity contribution in [1.29, 1.82) is 0 Å². The molecule has 2 saturated heterocycles. The third-order valence-corrected chi connectivity index (χ3v) is 9.73. The zero-order valence-corrected chi connectivity index (χ0v) is 22.6. The standard InChI is InChI=1S/C29H40O9/c1-17-9-11-28-15-35-26(33)25(32)18(2)10-12-34-20(19(3)30)7-5-6-8-24(31)38-21-14-23(37-22(28)13-17)29(16-36-29)27(21,28)4/h5-8,13,18-23,25,30,32H,9-12,14-16H2,1-4H3/t18?,19?,20?,21-,22-,23-,25?,27-,28-,29+/m1/s1. The molecule has 3 fully saturated rings. The van der Waals surface area contributed by atoms with Gasteiger partial charge in [0, 0.05) is 24.5 Å². The minimum atomic E-state index is -1.33. The zero-order chi connectivity index (χ0) is 27.3. The molecular weight excluding hydrogens is 492 g/mol. The Balaban J connectivity index is 1.51. The molecule has 2 bridgehead atoms. The van der Waals surface area contributed by atoms with Gasteiger partial charge in [-0.05, 0) is 39.0 Å². The maximum Gasteiger partial charge on any atom is 0.335 e. The Hall–Kier alpha value is -2.04. The van der Waals surface area contributed by atoms with E-state index >= 15 is 0 Å². The molecule has 1 saturated carbocycles. The average molecular weight is 533 g/mol. The molecule has 10 atom stereocenters. The minimum absolute atomic E-state index is 0.0195. The first-order valence-electron chi connectivity index (χ1n) is 13.7. The lowest BCUT2D eigenvalue weighted by molar-refractivity contribution is -0.234. The molecule has 5 rings (SSSR count). The van der Waals surface area contributed by atoms with Gasteiger partial charge in [0.25, 0.3) is 0 Å². The summed E-state index contributed by atoms with van der Waals surface area (Å²) in [5.41, 5.74) is -0.771. The van der Waals surface area contributed by atoms with Crippen LogP contribution in [0.1, 0.15) is 53.4 Å². The molecule has 2 spiro atoms. The SMILES string of the molecule is CC1=C[C@H]2O[C@@H]3C[C@H]4OC(=O)C=CC=CC(C(C)O)OCCC(C)C(O)C(=O)OC[C@@]2(CC1)[C@]4(C)[C@]31CO1. The highest BCUT2D eigenvalue weighted by atomic mass is 16.6. The second-order valence-corrected chi connectivity index (χ2v) is 11.9. The van der Waals surface area contributed by atoms with Crippen molar-refractivity contribution < 1.29 is 43.5 Å². The average Bonchev–Trinajstić information content (AvgIpc) is 3.65. The van der Waals surface area contributed by atoms with E-state index in [2.05, 4.69) is 19.9 Å². The lowest BCUT2D eigenvalue weighted by atomic mass is 9.51. The molecule has 3 heterocycles. The van der Waals surface area contributed by atoms with Gasteiger partial charge in [-0.2, -0.15) is 0 Å². The highest BCUT2D eigenvalue weighted by molar-refractivity contribution is 5.82. The van der Waals surface area contributed by atoms with Gasteiger partial charge < -0.3 is 33.9 Å². The fraction of sp³-hybridized carbons (Fsp3) is 0.724. The number of carbonyl (C=O) groups excluding carboxylic acids is 2. The third-order valence-electron chi connectivity index (χ3n) is 9.73. The summed E-state index contributed by atoms with van der Waals surface area (Å²) in [6, 6.07) is 0. The Bertz CT molecular complexity index is 1030. The third kappa shape index (κ3) is 4.36. The van der Waals surface area contributed by atoms with Gasteiger partial charge in [-0.15, -0.1) is 0 Å². The van der Waals surface area contributed by atoms with Crippen molar-refractivity contribution in [3.8, 4) is 0 Å². The molecule has 9 nitrogen and oxygen atoms in total. The topological polar surface area (TPSA) is 124 Å². The zero-order valence-electron chi connectivity index (χ0n) is 22.6. The van der Waals surface area contributed by atoms with Crippen LogP contribution in [0.25, 0.3) is 0 Å². The van der Waals surface area contributed by atoms with Crippen LogP contribution in [-0.2, 0) is 33.3 Å². The predicted molar refractivity (Wildman–Crippen MR) is 136 cm³/mol. The molecule has 0 amide bonds. The molecule has 0 aromatic carbocycles. The summed E-state index contributed by atoms with van der Waals surface area (Å²) in [6.45, 7) is 8.27. The van der Waals surface area contributed by atoms with Crippen molar-refractivity contribution in [2.75, 3.05) is 19.8 Å². The van der Waals surface area contributed by atoms with Gasteiger partial charge in [-0.25, -0.2) is 9.59 Å². The number of aliphatic hydroxyl groups is 2. The number of aliphatic hydroxyl groups excluding tert-OH is 2. The van der Waals surface area contributed by atoms with Crippen LogP contribution in [0.5, 0.6) is 0 Å². The number of allylic oxidation sites excluding steroid dienone is 3. The van der Waals surface area contributed by atoms with E-state index in [4.69, 9.17) is 23.7 Å². The van der Waals surface area contributed by atoms with Crippen molar-refractivity contribution in [2.24, 2.45) is 16.7 Å². The van der Waals surface area contributed by atoms with Crippen molar-refractivity contribution in [3.63, 3.8) is 0 Å². The first kappa shape index (κ1) is 27.5.